The fourth-order valence-corrected chi connectivity index (χ4v) is 1.94. The van der Waals surface area contributed by atoms with Gasteiger partial charge in [-0.2, -0.15) is 0 Å². The number of hydrogen-bond donors (Lipinski definition) is 3. The second kappa shape index (κ2) is 6.13. The average Bonchev–Trinajstić information content (AvgIpc) is 3.24. The second-order valence-electron chi connectivity index (χ2n) is 5.05. The predicted molar refractivity (Wildman–Crippen MR) is 76.1 cm³/mol. The minimum atomic E-state index is -0.895. The van der Waals surface area contributed by atoms with Crippen LogP contribution in [0.2, 0.25) is 5.02 Å². The van der Waals surface area contributed by atoms with Gasteiger partial charge in [0.25, 0.3) is 5.91 Å². The Labute approximate surface area is 126 Å². The van der Waals surface area contributed by atoms with E-state index in [4.69, 9.17) is 16.7 Å². The van der Waals surface area contributed by atoms with Crippen molar-refractivity contribution in [2.24, 2.45) is 5.41 Å². The first-order valence-corrected chi connectivity index (χ1v) is 6.85. The molecular weight excluding hydrogens is 296 g/mol. The number of hydrogen-bond acceptors (Lipinski definition) is 3. The minimum Gasteiger partial charge on any atom is -0.481 e. The number of carbonyl (C=O) groups is 3. The van der Waals surface area contributed by atoms with Gasteiger partial charge in [0, 0.05) is 17.1 Å². The van der Waals surface area contributed by atoms with Gasteiger partial charge in [-0.15, -0.1) is 0 Å². The quantitative estimate of drug-likeness (QED) is 0.732. The lowest BCUT2D eigenvalue weighted by Crippen LogP contribution is -2.40. The van der Waals surface area contributed by atoms with Gasteiger partial charge in [-0.05, 0) is 37.1 Å². The lowest BCUT2D eigenvalue weighted by molar-refractivity contribution is -0.143. The standard InChI is InChI=1S/C14H15ClN2O4/c15-10-3-1-9(2-4-10)12(19)16-7-11(18)17-8-14(5-6-14)13(20)21/h1-4H,5-8H2,(H,16,19)(H,17,18)(H,20,21). The molecule has 21 heavy (non-hydrogen) atoms. The van der Waals surface area contributed by atoms with E-state index in [2.05, 4.69) is 10.6 Å². The van der Waals surface area contributed by atoms with Crippen molar-refractivity contribution in [1.29, 1.82) is 0 Å². The summed E-state index contributed by atoms with van der Waals surface area (Å²) in [6, 6.07) is 6.28. The van der Waals surface area contributed by atoms with Crippen LogP contribution in [0.25, 0.3) is 0 Å². The molecule has 1 aliphatic rings. The molecule has 112 valence electrons. The number of carbonyl (C=O) groups excluding carboxylic acids is 2. The lowest BCUT2D eigenvalue weighted by Gasteiger charge is -2.11. The molecule has 1 aromatic rings. The Morgan fingerprint density at radius 2 is 1.76 bits per heavy atom. The minimum absolute atomic E-state index is 0.0952. The summed E-state index contributed by atoms with van der Waals surface area (Å²) in [5, 5.41) is 14.5. The van der Waals surface area contributed by atoms with E-state index < -0.39 is 17.3 Å². The van der Waals surface area contributed by atoms with Crippen LogP contribution in [-0.4, -0.2) is 36.0 Å². The molecule has 1 saturated carbocycles. The van der Waals surface area contributed by atoms with Crippen LogP contribution in [-0.2, 0) is 9.59 Å². The smallest absolute Gasteiger partial charge is 0.311 e. The molecule has 0 bridgehead atoms. The van der Waals surface area contributed by atoms with E-state index in [9.17, 15) is 14.4 Å². The molecule has 6 nitrogen and oxygen atoms in total. The van der Waals surface area contributed by atoms with Crippen LogP contribution < -0.4 is 10.6 Å². The predicted octanol–water partition coefficient (Wildman–Crippen LogP) is 1.05. The topological polar surface area (TPSA) is 95.5 Å². The SMILES string of the molecule is O=C(CNC(=O)c1ccc(Cl)cc1)NCC1(C(=O)O)CC1. The van der Waals surface area contributed by atoms with Gasteiger partial charge in [-0.25, -0.2) is 0 Å². The van der Waals surface area contributed by atoms with Crippen molar-refractivity contribution in [2.45, 2.75) is 12.8 Å². The zero-order chi connectivity index (χ0) is 15.5. The molecule has 0 heterocycles. The van der Waals surface area contributed by atoms with Crippen LogP contribution in [0.5, 0.6) is 0 Å². The summed E-state index contributed by atoms with van der Waals surface area (Å²) < 4.78 is 0. The van der Waals surface area contributed by atoms with E-state index in [0.717, 1.165) is 0 Å². The Kier molecular flexibility index (Phi) is 4.47. The molecule has 2 rings (SSSR count). The van der Waals surface area contributed by atoms with Crippen LogP contribution in [0.4, 0.5) is 0 Å². The molecule has 1 fully saturated rings. The van der Waals surface area contributed by atoms with Gasteiger partial charge in [0.2, 0.25) is 5.91 Å². The van der Waals surface area contributed by atoms with E-state index in [-0.39, 0.29) is 19.0 Å². The fourth-order valence-electron chi connectivity index (χ4n) is 1.81. The van der Waals surface area contributed by atoms with E-state index in [0.29, 0.717) is 23.4 Å². The highest BCUT2D eigenvalue weighted by Gasteiger charge is 2.50. The first-order chi connectivity index (χ1) is 9.93. The number of halogens is 1. The van der Waals surface area contributed by atoms with Gasteiger partial charge in [-0.1, -0.05) is 11.6 Å². The molecular formula is C14H15ClN2O4. The third-order valence-corrected chi connectivity index (χ3v) is 3.70. The number of rotatable bonds is 6. The number of nitrogens with one attached hydrogen (secondary N) is 2. The molecule has 0 atom stereocenters. The molecule has 0 aromatic heterocycles. The number of aliphatic carboxylic acids is 1. The van der Waals surface area contributed by atoms with Crippen LogP contribution in [0.15, 0.2) is 24.3 Å². The zero-order valence-corrected chi connectivity index (χ0v) is 11.9. The summed E-state index contributed by atoms with van der Waals surface area (Å²) >= 11 is 5.72. The highest BCUT2D eigenvalue weighted by molar-refractivity contribution is 6.30. The van der Waals surface area contributed by atoms with Crippen molar-refractivity contribution in [3.05, 3.63) is 34.9 Å². The number of carboxylic acids is 1. The highest BCUT2D eigenvalue weighted by atomic mass is 35.5. The van der Waals surface area contributed by atoms with Crippen LogP contribution in [0.1, 0.15) is 23.2 Å². The van der Waals surface area contributed by atoms with Gasteiger partial charge < -0.3 is 15.7 Å². The van der Waals surface area contributed by atoms with E-state index in [1.54, 1.807) is 24.3 Å². The largest absolute Gasteiger partial charge is 0.481 e. The Hall–Kier alpha value is -2.08. The molecule has 2 amide bonds. The maximum Gasteiger partial charge on any atom is 0.311 e. The summed E-state index contributed by atoms with van der Waals surface area (Å²) in [4.78, 5) is 34.3. The Bertz CT molecular complexity index is 567. The summed E-state index contributed by atoms with van der Waals surface area (Å²) in [7, 11) is 0. The summed E-state index contributed by atoms with van der Waals surface area (Å²) in [6.07, 6.45) is 1.14. The van der Waals surface area contributed by atoms with Crippen molar-refractivity contribution >= 4 is 29.4 Å². The third kappa shape index (κ3) is 3.95. The Balaban J connectivity index is 1.75. The molecule has 1 aromatic carbocycles. The lowest BCUT2D eigenvalue weighted by atomic mass is 10.1. The third-order valence-electron chi connectivity index (χ3n) is 3.45. The van der Waals surface area contributed by atoms with Crippen molar-refractivity contribution in [2.75, 3.05) is 13.1 Å². The van der Waals surface area contributed by atoms with E-state index in [1.807, 2.05) is 0 Å². The summed E-state index contributed by atoms with van der Waals surface area (Å²) in [5.41, 5.74) is -0.410. The molecule has 0 aliphatic heterocycles. The van der Waals surface area contributed by atoms with Crippen LogP contribution in [0.3, 0.4) is 0 Å². The van der Waals surface area contributed by atoms with Gasteiger partial charge in [0.1, 0.15) is 0 Å². The second-order valence-corrected chi connectivity index (χ2v) is 5.49. The van der Waals surface area contributed by atoms with E-state index in [1.165, 1.54) is 0 Å². The molecule has 1 aliphatic carbocycles. The van der Waals surface area contributed by atoms with Crippen LogP contribution >= 0.6 is 11.6 Å². The van der Waals surface area contributed by atoms with Gasteiger partial charge >= 0.3 is 5.97 Å². The number of carboxylic acid groups (broad SMARTS) is 1. The Morgan fingerprint density at radius 3 is 2.29 bits per heavy atom. The van der Waals surface area contributed by atoms with Crippen molar-refractivity contribution in [3.8, 4) is 0 Å². The molecule has 3 N–H and O–H groups in total. The monoisotopic (exact) mass is 310 g/mol. The van der Waals surface area contributed by atoms with Crippen molar-refractivity contribution < 1.29 is 19.5 Å². The summed E-state index contributed by atoms with van der Waals surface area (Å²) in [6.45, 7) is -0.102. The van der Waals surface area contributed by atoms with Crippen molar-refractivity contribution in [1.82, 2.24) is 10.6 Å². The average molecular weight is 311 g/mol. The maximum atomic E-state index is 11.8. The number of benzene rings is 1. The highest BCUT2D eigenvalue weighted by Crippen LogP contribution is 2.45. The molecule has 0 unspecified atom stereocenters. The molecule has 7 heteroatoms. The first-order valence-electron chi connectivity index (χ1n) is 6.47. The number of amides is 2. The first kappa shape index (κ1) is 15.3. The molecule has 0 radical (unpaired) electrons. The maximum absolute atomic E-state index is 11.8. The van der Waals surface area contributed by atoms with Gasteiger partial charge in [0.15, 0.2) is 0 Å². The van der Waals surface area contributed by atoms with Gasteiger partial charge in [0.05, 0.1) is 12.0 Å². The van der Waals surface area contributed by atoms with Crippen molar-refractivity contribution in [3.63, 3.8) is 0 Å². The molecule has 0 spiro atoms. The molecule has 0 saturated heterocycles. The van der Waals surface area contributed by atoms with Gasteiger partial charge in [-0.3, -0.25) is 14.4 Å². The van der Waals surface area contributed by atoms with Crippen LogP contribution in [0, 0.1) is 5.41 Å². The normalized spacial score (nSPS) is 15.1. The summed E-state index contributed by atoms with van der Waals surface area (Å²) in [5.74, 6) is -1.70. The fraction of sp³-hybridized carbons (Fsp3) is 0.357. The van der Waals surface area contributed by atoms with E-state index >= 15 is 0 Å². The Morgan fingerprint density at radius 1 is 1.14 bits per heavy atom. The zero-order valence-electron chi connectivity index (χ0n) is 11.2.